The molecule has 0 aliphatic rings. The summed E-state index contributed by atoms with van der Waals surface area (Å²) in [5.74, 6) is 0.762. The van der Waals surface area contributed by atoms with Crippen LogP contribution in [0.15, 0.2) is 45.8 Å². The lowest BCUT2D eigenvalue weighted by molar-refractivity contribution is 0.297. The fourth-order valence-electron chi connectivity index (χ4n) is 1.40. The minimum absolute atomic E-state index is 0.153. The first-order chi connectivity index (χ1) is 8.16. The van der Waals surface area contributed by atoms with Crippen molar-refractivity contribution in [2.75, 3.05) is 0 Å². The first-order valence-electron chi connectivity index (χ1n) is 5.16. The summed E-state index contributed by atoms with van der Waals surface area (Å²) in [6, 6.07) is 8.03. The molecule has 17 heavy (non-hydrogen) atoms. The third-order valence-corrected chi connectivity index (χ3v) is 2.44. The monoisotopic (exact) mass is 232 g/mol. The quantitative estimate of drug-likeness (QED) is 0.881. The van der Waals surface area contributed by atoms with Crippen molar-refractivity contribution in [1.29, 1.82) is 0 Å². The molecule has 1 aromatic carbocycles. The lowest BCUT2D eigenvalue weighted by atomic mass is 10.2. The Morgan fingerprint density at radius 2 is 1.94 bits per heavy atom. The zero-order valence-corrected chi connectivity index (χ0v) is 9.34. The first kappa shape index (κ1) is 11.3. The van der Waals surface area contributed by atoms with Gasteiger partial charge in [-0.2, -0.15) is 0 Å². The maximum absolute atomic E-state index is 11.4. The topological polar surface area (TPSA) is 59.7 Å². The SMILES string of the molecule is Cc1ccoc(=O)c1COc1ccc(O)cc1. The molecule has 1 heterocycles. The minimum Gasteiger partial charge on any atom is -0.508 e. The van der Waals surface area contributed by atoms with Gasteiger partial charge >= 0.3 is 5.63 Å². The maximum atomic E-state index is 11.4. The van der Waals surface area contributed by atoms with Crippen LogP contribution in [-0.4, -0.2) is 5.11 Å². The Balaban J connectivity index is 2.12. The standard InChI is InChI=1S/C13H12O4/c1-9-6-7-16-13(15)12(9)8-17-11-4-2-10(14)3-5-11/h2-7,14H,8H2,1H3. The van der Waals surface area contributed by atoms with E-state index in [2.05, 4.69) is 0 Å². The van der Waals surface area contributed by atoms with E-state index in [-0.39, 0.29) is 18.0 Å². The molecule has 0 bridgehead atoms. The van der Waals surface area contributed by atoms with Gasteiger partial charge in [-0.05, 0) is 42.8 Å². The van der Waals surface area contributed by atoms with Crippen LogP contribution in [0.4, 0.5) is 0 Å². The van der Waals surface area contributed by atoms with Gasteiger partial charge in [0, 0.05) is 0 Å². The Hall–Kier alpha value is -2.23. The van der Waals surface area contributed by atoms with E-state index in [1.54, 1.807) is 18.2 Å². The molecular weight excluding hydrogens is 220 g/mol. The molecule has 0 amide bonds. The van der Waals surface area contributed by atoms with Gasteiger partial charge in [-0.3, -0.25) is 0 Å². The Bertz CT molecular complexity index is 554. The average molecular weight is 232 g/mol. The predicted octanol–water partition coefficient (Wildman–Crippen LogP) is 2.23. The molecule has 4 heteroatoms. The second kappa shape index (κ2) is 4.74. The highest BCUT2D eigenvalue weighted by atomic mass is 16.5. The van der Waals surface area contributed by atoms with Crippen molar-refractivity contribution >= 4 is 0 Å². The van der Waals surface area contributed by atoms with E-state index < -0.39 is 0 Å². The van der Waals surface area contributed by atoms with Gasteiger partial charge in [0.2, 0.25) is 0 Å². The van der Waals surface area contributed by atoms with Crippen LogP contribution in [0.5, 0.6) is 11.5 Å². The van der Waals surface area contributed by atoms with Crippen molar-refractivity contribution in [3.63, 3.8) is 0 Å². The van der Waals surface area contributed by atoms with Crippen molar-refractivity contribution in [2.45, 2.75) is 13.5 Å². The number of rotatable bonds is 3. The predicted molar refractivity (Wildman–Crippen MR) is 62.2 cm³/mol. The van der Waals surface area contributed by atoms with E-state index in [1.165, 1.54) is 18.4 Å². The Kier molecular flexibility index (Phi) is 3.14. The summed E-state index contributed by atoms with van der Waals surface area (Å²) in [5.41, 5.74) is 0.949. The number of phenolic OH excluding ortho intramolecular Hbond substituents is 1. The van der Waals surface area contributed by atoms with E-state index in [0.717, 1.165) is 5.56 Å². The molecule has 0 fully saturated rings. The lowest BCUT2D eigenvalue weighted by Crippen LogP contribution is -2.12. The summed E-state index contributed by atoms with van der Waals surface area (Å²) in [6.45, 7) is 1.98. The van der Waals surface area contributed by atoms with Crippen molar-refractivity contribution in [2.24, 2.45) is 0 Å². The van der Waals surface area contributed by atoms with Gasteiger partial charge in [-0.15, -0.1) is 0 Å². The number of phenols is 1. The molecule has 0 saturated heterocycles. The molecule has 1 N–H and O–H groups in total. The van der Waals surface area contributed by atoms with Crippen molar-refractivity contribution in [3.8, 4) is 11.5 Å². The zero-order chi connectivity index (χ0) is 12.3. The Labute approximate surface area is 98.1 Å². The summed E-state index contributed by atoms with van der Waals surface area (Å²) < 4.78 is 10.2. The number of benzene rings is 1. The minimum atomic E-state index is -0.385. The molecule has 0 aliphatic heterocycles. The van der Waals surface area contributed by atoms with Crippen LogP contribution < -0.4 is 10.4 Å². The Morgan fingerprint density at radius 1 is 1.24 bits per heavy atom. The Morgan fingerprint density at radius 3 is 2.59 bits per heavy atom. The van der Waals surface area contributed by atoms with Gasteiger partial charge in [0.25, 0.3) is 0 Å². The molecule has 0 spiro atoms. The molecule has 0 radical (unpaired) electrons. The maximum Gasteiger partial charge on any atom is 0.342 e. The van der Waals surface area contributed by atoms with Crippen molar-refractivity contribution in [3.05, 3.63) is 58.1 Å². The van der Waals surface area contributed by atoms with Crippen LogP contribution in [0.2, 0.25) is 0 Å². The van der Waals surface area contributed by atoms with E-state index in [9.17, 15) is 4.79 Å². The lowest BCUT2D eigenvalue weighted by Gasteiger charge is -2.06. The summed E-state index contributed by atoms with van der Waals surface area (Å²) in [5, 5.41) is 9.11. The van der Waals surface area contributed by atoms with Gasteiger partial charge in [0.05, 0.1) is 11.8 Å². The summed E-state index contributed by atoms with van der Waals surface area (Å²) in [7, 11) is 0. The molecule has 4 nitrogen and oxygen atoms in total. The zero-order valence-electron chi connectivity index (χ0n) is 9.34. The van der Waals surface area contributed by atoms with E-state index in [4.69, 9.17) is 14.3 Å². The smallest absolute Gasteiger partial charge is 0.342 e. The highest BCUT2D eigenvalue weighted by molar-refractivity contribution is 5.30. The first-order valence-corrected chi connectivity index (χ1v) is 5.16. The number of aryl methyl sites for hydroxylation is 1. The summed E-state index contributed by atoms with van der Waals surface area (Å²) in [6.07, 6.45) is 1.36. The molecule has 88 valence electrons. The normalized spacial score (nSPS) is 10.2. The van der Waals surface area contributed by atoms with E-state index in [0.29, 0.717) is 11.3 Å². The number of hydrogen-bond donors (Lipinski definition) is 1. The molecule has 2 aromatic rings. The van der Waals surface area contributed by atoms with Gasteiger partial charge in [0.15, 0.2) is 0 Å². The highest BCUT2D eigenvalue weighted by Crippen LogP contribution is 2.17. The molecule has 0 atom stereocenters. The van der Waals surface area contributed by atoms with Crippen LogP contribution in [0.25, 0.3) is 0 Å². The summed E-state index contributed by atoms with van der Waals surface area (Å²) >= 11 is 0. The largest absolute Gasteiger partial charge is 0.508 e. The number of ether oxygens (including phenoxy) is 1. The molecule has 1 aromatic heterocycles. The van der Waals surface area contributed by atoms with E-state index >= 15 is 0 Å². The van der Waals surface area contributed by atoms with Gasteiger partial charge < -0.3 is 14.3 Å². The van der Waals surface area contributed by atoms with Crippen LogP contribution >= 0.6 is 0 Å². The van der Waals surface area contributed by atoms with Crippen LogP contribution in [-0.2, 0) is 6.61 Å². The highest BCUT2D eigenvalue weighted by Gasteiger charge is 2.06. The van der Waals surface area contributed by atoms with E-state index in [1.807, 2.05) is 6.92 Å². The molecule has 0 saturated carbocycles. The summed E-state index contributed by atoms with van der Waals surface area (Å²) in [4.78, 5) is 11.4. The van der Waals surface area contributed by atoms with Crippen LogP contribution in [0.1, 0.15) is 11.1 Å². The average Bonchev–Trinajstić information content (AvgIpc) is 2.31. The molecule has 2 rings (SSSR count). The second-order valence-electron chi connectivity index (χ2n) is 3.65. The van der Waals surface area contributed by atoms with Crippen LogP contribution in [0, 0.1) is 6.92 Å². The van der Waals surface area contributed by atoms with Crippen molar-refractivity contribution in [1.82, 2.24) is 0 Å². The number of aromatic hydroxyl groups is 1. The second-order valence-corrected chi connectivity index (χ2v) is 3.65. The van der Waals surface area contributed by atoms with Crippen LogP contribution in [0.3, 0.4) is 0 Å². The van der Waals surface area contributed by atoms with Gasteiger partial charge in [-0.25, -0.2) is 4.79 Å². The van der Waals surface area contributed by atoms with Gasteiger partial charge in [-0.1, -0.05) is 0 Å². The number of hydrogen-bond acceptors (Lipinski definition) is 4. The fourth-order valence-corrected chi connectivity index (χ4v) is 1.40. The molecule has 0 aliphatic carbocycles. The third-order valence-electron chi connectivity index (χ3n) is 2.44. The molecule has 0 unspecified atom stereocenters. The molecular formula is C13H12O4. The van der Waals surface area contributed by atoms with Crippen molar-refractivity contribution < 1.29 is 14.3 Å². The third kappa shape index (κ3) is 2.66. The fraction of sp³-hybridized carbons (Fsp3) is 0.154. The van der Waals surface area contributed by atoms with Gasteiger partial charge in [0.1, 0.15) is 18.1 Å².